The van der Waals surface area contributed by atoms with Crippen LogP contribution in [0.3, 0.4) is 0 Å². The number of hydrogen-bond donors (Lipinski definition) is 2. The van der Waals surface area contributed by atoms with Gasteiger partial charge in [-0.15, -0.1) is 11.3 Å². The van der Waals surface area contributed by atoms with Gasteiger partial charge in [0.25, 0.3) is 0 Å². The summed E-state index contributed by atoms with van der Waals surface area (Å²) in [7, 11) is -3.57. The molecule has 36 heavy (non-hydrogen) atoms. The Hall–Kier alpha value is -2.27. The SMILES string of the molecule is O=C(C[C@]1(c2ccc(-c3cccc(NC(=O)C4CC4)c3)s2)CCCCS1(=O)=O)NOC1CCCCO1. The Kier molecular flexibility index (Phi) is 7.48. The molecule has 1 saturated carbocycles. The van der Waals surface area contributed by atoms with Gasteiger partial charge in [-0.2, -0.15) is 0 Å². The predicted octanol–water partition coefficient (Wildman–Crippen LogP) is 4.52. The van der Waals surface area contributed by atoms with Gasteiger partial charge in [-0.3, -0.25) is 9.59 Å². The smallest absolute Gasteiger partial charge is 0.245 e. The molecule has 194 valence electrons. The van der Waals surface area contributed by atoms with Crippen molar-refractivity contribution in [1.82, 2.24) is 5.48 Å². The van der Waals surface area contributed by atoms with Gasteiger partial charge in [-0.1, -0.05) is 18.6 Å². The predicted molar refractivity (Wildman–Crippen MR) is 138 cm³/mol. The number of hydrogen-bond acceptors (Lipinski definition) is 7. The fourth-order valence-electron chi connectivity index (χ4n) is 4.92. The maximum absolute atomic E-state index is 13.5. The highest BCUT2D eigenvalue weighted by molar-refractivity contribution is 7.92. The fraction of sp³-hybridized carbons (Fsp3) is 0.538. The summed E-state index contributed by atoms with van der Waals surface area (Å²) in [5.74, 6) is -0.256. The molecule has 1 aromatic heterocycles. The van der Waals surface area contributed by atoms with Crippen LogP contribution in [-0.4, -0.2) is 38.9 Å². The zero-order valence-electron chi connectivity index (χ0n) is 20.2. The zero-order chi connectivity index (χ0) is 25.2. The number of rotatable bonds is 8. The number of carbonyl (C=O) groups is 2. The number of nitrogens with one attached hydrogen (secondary N) is 2. The largest absolute Gasteiger partial charge is 0.350 e. The Bertz CT molecular complexity index is 1220. The summed E-state index contributed by atoms with van der Waals surface area (Å²) in [4.78, 5) is 32.1. The third-order valence-corrected chi connectivity index (χ3v) is 11.2. The normalized spacial score (nSPS) is 25.7. The van der Waals surface area contributed by atoms with E-state index in [0.717, 1.165) is 48.2 Å². The zero-order valence-corrected chi connectivity index (χ0v) is 21.8. The van der Waals surface area contributed by atoms with Crippen LogP contribution in [0.5, 0.6) is 0 Å². The molecule has 2 amide bonds. The first-order chi connectivity index (χ1) is 17.4. The molecular weight excluding hydrogens is 500 g/mol. The minimum atomic E-state index is -3.57. The van der Waals surface area contributed by atoms with Crippen molar-refractivity contribution in [2.75, 3.05) is 17.7 Å². The lowest BCUT2D eigenvalue weighted by atomic mass is 9.94. The van der Waals surface area contributed by atoms with Crippen LogP contribution < -0.4 is 10.8 Å². The van der Waals surface area contributed by atoms with Gasteiger partial charge in [0.2, 0.25) is 11.8 Å². The molecule has 0 spiro atoms. The van der Waals surface area contributed by atoms with Crippen LogP contribution in [0.25, 0.3) is 10.4 Å². The molecular formula is C26H32N2O6S2. The Balaban J connectivity index is 1.36. The van der Waals surface area contributed by atoms with E-state index in [2.05, 4.69) is 10.8 Å². The summed E-state index contributed by atoms with van der Waals surface area (Å²) in [6.07, 6.45) is 5.51. The van der Waals surface area contributed by atoms with Crippen molar-refractivity contribution >= 4 is 38.7 Å². The number of ether oxygens (including phenoxy) is 1. The summed E-state index contributed by atoms with van der Waals surface area (Å²) in [6, 6.07) is 11.3. The summed E-state index contributed by atoms with van der Waals surface area (Å²) < 4.78 is 31.1. The number of amides is 2. The Labute approximate surface area is 215 Å². The van der Waals surface area contributed by atoms with Crippen molar-refractivity contribution < 1.29 is 27.6 Å². The third kappa shape index (κ3) is 5.51. The molecule has 3 aliphatic rings. The van der Waals surface area contributed by atoms with Gasteiger partial charge in [0.05, 0.1) is 12.2 Å². The first-order valence-electron chi connectivity index (χ1n) is 12.7. The van der Waals surface area contributed by atoms with E-state index >= 15 is 0 Å². The van der Waals surface area contributed by atoms with Crippen LogP contribution >= 0.6 is 11.3 Å². The highest BCUT2D eigenvalue weighted by Crippen LogP contribution is 2.47. The first kappa shape index (κ1) is 25.4. The molecule has 2 N–H and O–H groups in total. The van der Waals surface area contributed by atoms with Crippen molar-refractivity contribution in [3.63, 3.8) is 0 Å². The van der Waals surface area contributed by atoms with Gasteiger partial charge < -0.3 is 10.1 Å². The summed E-state index contributed by atoms with van der Waals surface area (Å²) in [6.45, 7) is 0.586. The molecule has 1 aliphatic carbocycles. The Morgan fingerprint density at radius 1 is 1.08 bits per heavy atom. The van der Waals surface area contributed by atoms with E-state index in [1.165, 1.54) is 11.3 Å². The molecule has 2 saturated heterocycles. The average Bonchev–Trinajstić information content (AvgIpc) is 3.61. The quantitative estimate of drug-likeness (QED) is 0.484. The number of anilines is 1. The van der Waals surface area contributed by atoms with Crippen molar-refractivity contribution in [3.05, 3.63) is 41.3 Å². The first-order valence-corrected chi connectivity index (χ1v) is 15.1. The van der Waals surface area contributed by atoms with Crippen molar-refractivity contribution in [2.24, 2.45) is 5.92 Å². The van der Waals surface area contributed by atoms with Crippen LogP contribution in [0.2, 0.25) is 0 Å². The second-order valence-corrected chi connectivity index (χ2v) is 13.4. The van der Waals surface area contributed by atoms with E-state index in [1.54, 1.807) is 0 Å². The topological polar surface area (TPSA) is 111 Å². The summed E-state index contributed by atoms with van der Waals surface area (Å²) in [5.41, 5.74) is 4.06. The van der Waals surface area contributed by atoms with E-state index in [-0.39, 0.29) is 24.0 Å². The minimum Gasteiger partial charge on any atom is -0.350 e. The molecule has 5 rings (SSSR count). The molecule has 2 aliphatic heterocycles. The van der Waals surface area contributed by atoms with Gasteiger partial charge in [-0.25, -0.2) is 18.7 Å². The lowest BCUT2D eigenvalue weighted by Crippen LogP contribution is -2.45. The van der Waals surface area contributed by atoms with E-state index < -0.39 is 26.8 Å². The third-order valence-electron chi connectivity index (χ3n) is 7.15. The number of benzene rings is 1. The monoisotopic (exact) mass is 532 g/mol. The molecule has 3 fully saturated rings. The molecule has 2 atom stereocenters. The highest BCUT2D eigenvalue weighted by atomic mass is 32.2. The van der Waals surface area contributed by atoms with Crippen LogP contribution in [0.4, 0.5) is 5.69 Å². The molecule has 1 aromatic carbocycles. The molecule has 1 unspecified atom stereocenters. The van der Waals surface area contributed by atoms with E-state index in [9.17, 15) is 18.0 Å². The van der Waals surface area contributed by atoms with Gasteiger partial charge >= 0.3 is 0 Å². The second-order valence-electron chi connectivity index (χ2n) is 9.89. The van der Waals surface area contributed by atoms with Gasteiger partial charge in [0.1, 0.15) is 4.75 Å². The van der Waals surface area contributed by atoms with E-state index in [4.69, 9.17) is 9.57 Å². The molecule has 10 heteroatoms. The number of hydroxylamine groups is 1. The number of sulfone groups is 1. The van der Waals surface area contributed by atoms with E-state index in [1.807, 2.05) is 36.4 Å². The lowest BCUT2D eigenvalue weighted by molar-refractivity contribution is -0.200. The molecule has 3 heterocycles. The van der Waals surface area contributed by atoms with Crippen molar-refractivity contribution in [1.29, 1.82) is 0 Å². The lowest BCUT2D eigenvalue weighted by Gasteiger charge is -2.35. The van der Waals surface area contributed by atoms with Gasteiger partial charge in [0, 0.05) is 34.4 Å². The van der Waals surface area contributed by atoms with Crippen LogP contribution in [0.15, 0.2) is 36.4 Å². The molecule has 2 aromatic rings. The highest BCUT2D eigenvalue weighted by Gasteiger charge is 2.49. The Morgan fingerprint density at radius 2 is 1.94 bits per heavy atom. The van der Waals surface area contributed by atoms with E-state index in [0.29, 0.717) is 30.7 Å². The van der Waals surface area contributed by atoms with Crippen LogP contribution in [-0.2, 0) is 33.7 Å². The fourth-order valence-corrected chi connectivity index (χ4v) is 8.70. The van der Waals surface area contributed by atoms with Gasteiger partial charge in [-0.05, 0) is 68.4 Å². The number of thiophene rings is 1. The van der Waals surface area contributed by atoms with Gasteiger partial charge in [0.15, 0.2) is 16.1 Å². The second kappa shape index (κ2) is 10.6. The summed E-state index contributed by atoms with van der Waals surface area (Å²) in [5, 5.41) is 2.96. The summed E-state index contributed by atoms with van der Waals surface area (Å²) >= 11 is 1.39. The maximum Gasteiger partial charge on any atom is 0.245 e. The minimum absolute atomic E-state index is 0.0399. The van der Waals surface area contributed by atoms with Crippen LogP contribution in [0, 0.1) is 5.92 Å². The van der Waals surface area contributed by atoms with Crippen molar-refractivity contribution in [3.8, 4) is 10.4 Å². The number of carbonyl (C=O) groups excluding carboxylic acids is 2. The average molecular weight is 533 g/mol. The maximum atomic E-state index is 13.5. The molecule has 8 nitrogen and oxygen atoms in total. The molecule has 0 radical (unpaired) electrons. The molecule has 0 bridgehead atoms. The Morgan fingerprint density at radius 3 is 2.69 bits per heavy atom. The van der Waals surface area contributed by atoms with Crippen molar-refractivity contribution in [2.45, 2.75) is 68.8 Å². The van der Waals surface area contributed by atoms with Crippen LogP contribution in [0.1, 0.15) is 62.7 Å². The standard InChI is InChI=1S/C26H32N2O6S2/c29-23(28-34-24-8-1-3-14-33-24)17-26(13-2-4-15-36(26,31)32)22-12-11-21(35-22)19-6-5-7-20(16-19)27-25(30)18-9-10-18/h5-7,11-12,16,18,24H,1-4,8-10,13-15,17H2,(H,27,30)(H,28,29)/t24?,26-/m0/s1.